The normalized spacial score (nSPS) is 21.9. The zero-order valence-electron chi connectivity index (χ0n) is 8.64. The van der Waals surface area contributed by atoms with Gasteiger partial charge in [0.2, 0.25) is 5.95 Å². The lowest BCUT2D eigenvalue weighted by atomic mass is 10.2. The topological polar surface area (TPSA) is 58.9 Å². The van der Waals surface area contributed by atoms with Crippen LogP contribution in [0.1, 0.15) is 12.8 Å². The van der Waals surface area contributed by atoms with E-state index in [0.717, 1.165) is 19.0 Å². The number of aryl methyl sites for hydroxylation is 1. The summed E-state index contributed by atoms with van der Waals surface area (Å²) in [5.41, 5.74) is 0. The van der Waals surface area contributed by atoms with E-state index >= 15 is 0 Å². The molecule has 1 unspecified atom stereocenters. The molecule has 0 bridgehead atoms. The van der Waals surface area contributed by atoms with E-state index in [4.69, 9.17) is 0 Å². The minimum atomic E-state index is 0.532. The molecule has 6 heteroatoms. The summed E-state index contributed by atoms with van der Waals surface area (Å²) in [4.78, 5) is 2.27. The minimum Gasteiger partial charge on any atom is -0.335 e. The van der Waals surface area contributed by atoms with Crippen LogP contribution in [0.5, 0.6) is 0 Å². The molecule has 1 atom stereocenters. The van der Waals surface area contributed by atoms with Crippen LogP contribution in [-0.2, 0) is 7.05 Å². The zero-order chi connectivity index (χ0) is 9.97. The van der Waals surface area contributed by atoms with Crippen LogP contribution in [0.25, 0.3) is 0 Å². The molecule has 0 amide bonds. The molecule has 0 radical (unpaired) electrons. The number of tetrazole rings is 1. The van der Waals surface area contributed by atoms with Crippen LogP contribution < -0.4 is 10.2 Å². The number of nitrogens with one attached hydrogen (secondary N) is 1. The molecule has 1 aromatic heterocycles. The fourth-order valence-corrected chi connectivity index (χ4v) is 2.01. The first-order valence-electron chi connectivity index (χ1n) is 4.96. The molecule has 1 N–H and O–H groups in total. The highest BCUT2D eigenvalue weighted by Gasteiger charge is 2.27. The second kappa shape index (κ2) is 3.91. The van der Waals surface area contributed by atoms with E-state index in [0.29, 0.717) is 6.04 Å². The van der Waals surface area contributed by atoms with Gasteiger partial charge < -0.3 is 10.2 Å². The number of likely N-dealkylation sites (N-methyl/N-ethyl adjacent to an activating group) is 1. The molecule has 0 aromatic carbocycles. The highest BCUT2D eigenvalue weighted by Crippen LogP contribution is 2.21. The average Bonchev–Trinajstić information content (AvgIpc) is 2.74. The maximum absolute atomic E-state index is 4.03. The van der Waals surface area contributed by atoms with E-state index in [2.05, 4.69) is 25.7 Å². The van der Waals surface area contributed by atoms with E-state index in [1.807, 2.05) is 14.1 Å². The summed E-state index contributed by atoms with van der Waals surface area (Å²) in [5.74, 6) is 0.878. The van der Waals surface area contributed by atoms with Crippen molar-refractivity contribution in [3.05, 3.63) is 0 Å². The molecule has 2 rings (SSSR count). The monoisotopic (exact) mass is 196 g/mol. The quantitative estimate of drug-likeness (QED) is 0.699. The van der Waals surface area contributed by atoms with Crippen molar-refractivity contribution in [2.24, 2.45) is 7.05 Å². The highest BCUT2D eigenvalue weighted by atomic mass is 15.6. The molecule has 14 heavy (non-hydrogen) atoms. The maximum Gasteiger partial charge on any atom is 0.245 e. The molecule has 0 spiro atoms. The first-order chi connectivity index (χ1) is 6.83. The van der Waals surface area contributed by atoms with Gasteiger partial charge in [0.15, 0.2) is 0 Å². The number of hydrogen-bond acceptors (Lipinski definition) is 5. The molecule has 1 saturated heterocycles. The smallest absolute Gasteiger partial charge is 0.245 e. The van der Waals surface area contributed by atoms with E-state index < -0.39 is 0 Å². The van der Waals surface area contributed by atoms with Gasteiger partial charge in [-0.15, -0.1) is 0 Å². The molecule has 0 saturated carbocycles. The maximum atomic E-state index is 4.03. The van der Waals surface area contributed by atoms with Gasteiger partial charge in [0.05, 0.1) is 0 Å². The number of rotatable bonds is 3. The average molecular weight is 196 g/mol. The van der Waals surface area contributed by atoms with Crippen molar-refractivity contribution in [1.29, 1.82) is 0 Å². The van der Waals surface area contributed by atoms with Crippen LogP contribution in [0, 0.1) is 0 Å². The molecule has 6 nitrogen and oxygen atoms in total. The van der Waals surface area contributed by atoms with Gasteiger partial charge in [-0.05, 0) is 30.3 Å². The van der Waals surface area contributed by atoms with E-state index in [1.165, 1.54) is 12.8 Å². The van der Waals surface area contributed by atoms with Gasteiger partial charge in [0.25, 0.3) is 0 Å². The highest BCUT2D eigenvalue weighted by molar-refractivity contribution is 5.32. The second-order valence-corrected chi connectivity index (χ2v) is 3.65. The van der Waals surface area contributed by atoms with Gasteiger partial charge in [0.1, 0.15) is 0 Å². The Morgan fingerprint density at radius 3 is 3.07 bits per heavy atom. The molecular weight excluding hydrogens is 180 g/mol. The summed E-state index contributed by atoms with van der Waals surface area (Å²) >= 11 is 0. The molecular formula is C8H16N6. The van der Waals surface area contributed by atoms with E-state index in [9.17, 15) is 0 Å². The number of nitrogens with zero attached hydrogens (tertiary/aromatic N) is 5. The van der Waals surface area contributed by atoms with Gasteiger partial charge in [-0.25, -0.2) is 4.68 Å². The Kier molecular flexibility index (Phi) is 2.62. The Hall–Kier alpha value is -1.17. The molecule has 1 aliphatic rings. The van der Waals surface area contributed by atoms with Crippen molar-refractivity contribution in [3.8, 4) is 0 Å². The third-order valence-electron chi connectivity index (χ3n) is 2.67. The molecule has 78 valence electrons. The van der Waals surface area contributed by atoms with Crippen LogP contribution >= 0.6 is 0 Å². The van der Waals surface area contributed by atoms with Crippen molar-refractivity contribution in [3.63, 3.8) is 0 Å². The van der Waals surface area contributed by atoms with Crippen LogP contribution in [0.3, 0.4) is 0 Å². The van der Waals surface area contributed by atoms with Gasteiger partial charge in [-0.2, -0.15) is 0 Å². The number of aromatic nitrogens is 4. The van der Waals surface area contributed by atoms with Gasteiger partial charge in [0, 0.05) is 26.2 Å². The van der Waals surface area contributed by atoms with Crippen molar-refractivity contribution in [1.82, 2.24) is 25.5 Å². The Balaban J connectivity index is 2.13. The van der Waals surface area contributed by atoms with E-state index in [1.54, 1.807) is 4.68 Å². The van der Waals surface area contributed by atoms with Gasteiger partial charge in [-0.3, -0.25) is 0 Å². The van der Waals surface area contributed by atoms with Crippen molar-refractivity contribution in [2.45, 2.75) is 18.9 Å². The van der Waals surface area contributed by atoms with Crippen LogP contribution in [0.4, 0.5) is 5.95 Å². The SMILES string of the molecule is CNCC1CCCN1c1nnnn1C. The largest absolute Gasteiger partial charge is 0.335 e. The Labute approximate surface area is 83.3 Å². The third-order valence-corrected chi connectivity index (χ3v) is 2.67. The van der Waals surface area contributed by atoms with Crippen molar-refractivity contribution in [2.75, 3.05) is 25.0 Å². The Bertz CT molecular complexity index is 296. The lowest BCUT2D eigenvalue weighted by Crippen LogP contribution is -2.38. The first kappa shape index (κ1) is 9.39. The van der Waals surface area contributed by atoms with Crippen LogP contribution in [-0.4, -0.2) is 46.4 Å². The molecule has 0 aliphatic carbocycles. The molecule has 2 heterocycles. The number of anilines is 1. The molecule has 1 aliphatic heterocycles. The summed E-state index contributed by atoms with van der Waals surface area (Å²) < 4.78 is 1.73. The van der Waals surface area contributed by atoms with Crippen LogP contribution in [0.2, 0.25) is 0 Å². The standard InChI is InChI=1S/C8H16N6/c1-9-6-7-4-3-5-14(7)8-10-11-12-13(8)2/h7,9H,3-6H2,1-2H3. The third kappa shape index (κ3) is 1.57. The lowest BCUT2D eigenvalue weighted by molar-refractivity contribution is 0.594. The minimum absolute atomic E-state index is 0.532. The summed E-state index contributed by atoms with van der Waals surface area (Å²) in [6, 6.07) is 0.532. The second-order valence-electron chi connectivity index (χ2n) is 3.65. The fraction of sp³-hybridized carbons (Fsp3) is 0.875. The van der Waals surface area contributed by atoms with Crippen LogP contribution in [0.15, 0.2) is 0 Å². The van der Waals surface area contributed by atoms with E-state index in [-0.39, 0.29) is 0 Å². The van der Waals surface area contributed by atoms with Gasteiger partial charge in [-0.1, -0.05) is 5.10 Å². The predicted octanol–water partition coefficient (Wildman–Crippen LogP) is -0.602. The van der Waals surface area contributed by atoms with Gasteiger partial charge >= 0.3 is 0 Å². The predicted molar refractivity (Wildman–Crippen MR) is 53.1 cm³/mol. The fourth-order valence-electron chi connectivity index (χ4n) is 2.01. The first-order valence-corrected chi connectivity index (χ1v) is 4.96. The lowest BCUT2D eigenvalue weighted by Gasteiger charge is -2.23. The summed E-state index contributed by atoms with van der Waals surface area (Å²) in [7, 11) is 3.86. The summed E-state index contributed by atoms with van der Waals surface area (Å²) in [5, 5.41) is 14.7. The Morgan fingerprint density at radius 1 is 1.57 bits per heavy atom. The van der Waals surface area contributed by atoms with Crippen molar-refractivity contribution >= 4 is 5.95 Å². The molecule has 1 fully saturated rings. The molecule has 1 aromatic rings. The summed E-state index contributed by atoms with van der Waals surface area (Å²) in [6.07, 6.45) is 2.44. The zero-order valence-corrected chi connectivity index (χ0v) is 8.64. The summed E-state index contributed by atoms with van der Waals surface area (Å²) in [6.45, 7) is 2.05. The number of hydrogen-bond donors (Lipinski definition) is 1. The Morgan fingerprint density at radius 2 is 2.43 bits per heavy atom. The van der Waals surface area contributed by atoms with Crippen molar-refractivity contribution < 1.29 is 0 Å².